The molecule has 2 heterocycles. The van der Waals surface area contributed by atoms with Crippen LogP contribution in [0.1, 0.15) is 5.56 Å². The molecular weight excluding hydrogens is 753 g/mol. The molecule has 0 amide bonds. The monoisotopic (exact) mass is 792 g/mol. The van der Waals surface area contributed by atoms with Gasteiger partial charge in [0.05, 0.1) is 11.0 Å². The smallest absolute Gasteiger partial charge is 0.135 e. The van der Waals surface area contributed by atoms with Gasteiger partial charge in [-0.25, -0.2) is 0 Å². The molecule has 12 aromatic rings. The maximum Gasteiger partial charge on any atom is 0.135 e. The Morgan fingerprint density at radius 1 is 0.355 bits per heavy atom. The van der Waals surface area contributed by atoms with Crippen LogP contribution in [0.3, 0.4) is 0 Å². The molecule has 10 aromatic carbocycles. The minimum atomic E-state index is 0.905. The highest BCUT2D eigenvalue weighted by atomic mass is 16.3. The third-order valence-corrected chi connectivity index (χ3v) is 12.5. The largest absolute Gasteiger partial charge is 0.456 e. The summed E-state index contributed by atoms with van der Waals surface area (Å²) in [5, 5.41) is 7.29. The average molecular weight is 793 g/mol. The third kappa shape index (κ3) is 6.05. The van der Waals surface area contributed by atoms with Gasteiger partial charge < -0.3 is 13.9 Å². The van der Waals surface area contributed by atoms with Gasteiger partial charge in [-0.1, -0.05) is 140 Å². The van der Waals surface area contributed by atoms with Gasteiger partial charge in [-0.05, 0) is 142 Å². The van der Waals surface area contributed by atoms with E-state index in [0.717, 1.165) is 55.8 Å². The van der Waals surface area contributed by atoms with E-state index in [1.807, 2.05) is 12.1 Å². The molecule has 0 radical (unpaired) electrons. The lowest BCUT2D eigenvalue weighted by molar-refractivity contribution is 0.669. The first-order chi connectivity index (χ1) is 30.6. The van der Waals surface area contributed by atoms with Gasteiger partial charge in [0, 0.05) is 44.3 Å². The van der Waals surface area contributed by atoms with Crippen molar-refractivity contribution in [3.05, 3.63) is 230 Å². The molecule has 0 aliphatic carbocycles. The second-order valence-corrected chi connectivity index (χ2v) is 16.2. The summed E-state index contributed by atoms with van der Waals surface area (Å²) in [5.41, 5.74) is 16.9. The molecule has 3 heteroatoms. The quantitative estimate of drug-likeness (QED) is 0.160. The van der Waals surface area contributed by atoms with Crippen molar-refractivity contribution in [3.63, 3.8) is 0 Å². The Morgan fingerprint density at radius 2 is 0.887 bits per heavy atom. The molecule has 0 aliphatic rings. The molecular formula is C59H40N2O. The van der Waals surface area contributed by atoms with Crippen LogP contribution >= 0.6 is 0 Å². The number of hydrogen-bond donors (Lipinski definition) is 0. The number of para-hydroxylation sites is 3. The number of nitrogens with zero attached hydrogens (tertiary/aromatic N) is 2. The first kappa shape index (κ1) is 35.8. The molecule has 0 unspecified atom stereocenters. The summed E-state index contributed by atoms with van der Waals surface area (Å²) in [6.07, 6.45) is 0. The van der Waals surface area contributed by atoms with Crippen LogP contribution in [0.15, 0.2) is 229 Å². The predicted octanol–water partition coefficient (Wildman–Crippen LogP) is 16.6. The first-order valence-corrected chi connectivity index (χ1v) is 21.2. The highest BCUT2D eigenvalue weighted by Crippen LogP contribution is 2.41. The zero-order chi connectivity index (χ0) is 41.1. The van der Waals surface area contributed by atoms with Crippen LogP contribution in [-0.4, -0.2) is 4.57 Å². The van der Waals surface area contributed by atoms with E-state index in [2.05, 4.69) is 229 Å². The lowest BCUT2D eigenvalue weighted by Crippen LogP contribution is -2.11. The standard InChI is InChI=1S/C59H40N2O/c1-39-35-45(44-13-10-14-50(37-44)61-56-18-7-4-15-51(56)52-16-5-8-19-57(52)61)27-33-55(39)60(48-29-23-41(24-30-48)46-22-21-40-11-2-3-12-43(40)36-46)49-31-25-42(26-32-49)47-28-34-59-54(38-47)53-17-6-9-20-58(53)62-59/h2-38H,1H3. The van der Waals surface area contributed by atoms with Crippen molar-refractivity contribution < 1.29 is 4.42 Å². The van der Waals surface area contributed by atoms with Crippen LogP contribution in [0, 0.1) is 6.92 Å². The van der Waals surface area contributed by atoms with E-state index in [1.165, 1.54) is 60.4 Å². The van der Waals surface area contributed by atoms with Crippen LogP contribution in [0.4, 0.5) is 17.1 Å². The van der Waals surface area contributed by atoms with Crippen molar-refractivity contribution in [3.8, 4) is 39.1 Å². The van der Waals surface area contributed by atoms with E-state index in [9.17, 15) is 0 Å². The summed E-state index contributed by atoms with van der Waals surface area (Å²) in [7, 11) is 0. The van der Waals surface area contributed by atoms with Crippen molar-refractivity contribution in [1.82, 2.24) is 4.57 Å². The Hall–Kier alpha value is -8.14. The maximum absolute atomic E-state index is 6.14. The van der Waals surface area contributed by atoms with Crippen molar-refractivity contribution >= 4 is 71.6 Å². The molecule has 0 atom stereocenters. The first-order valence-electron chi connectivity index (χ1n) is 21.2. The molecule has 0 fully saturated rings. The topological polar surface area (TPSA) is 21.3 Å². The fraction of sp³-hybridized carbons (Fsp3) is 0.0169. The third-order valence-electron chi connectivity index (χ3n) is 12.5. The van der Waals surface area contributed by atoms with Gasteiger partial charge in [0.25, 0.3) is 0 Å². The van der Waals surface area contributed by atoms with Gasteiger partial charge in [0.1, 0.15) is 11.2 Å². The Labute approximate surface area is 360 Å². The molecule has 0 spiro atoms. The van der Waals surface area contributed by atoms with E-state index in [4.69, 9.17) is 4.42 Å². The second kappa shape index (κ2) is 14.5. The van der Waals surface area contributed by atoms with E-state index in [-0.39, 0.29) is 0 Å². The van der Waals surface area contributed by atoms with Gasteiger partial charge >= 0.3 is 0 Å². The Bertz CT molecular complexity index is 3590. The van der Waals surface area contributed by atoms with Gasteiger partial charge in [-0.2, -0.15) is 0 Å². The molecule has 0 aliphatic heterocycles. The molecule has 292 valence electrons. The summed E-state index contributed by atoms with van der Waals surface area (Å²) in [6.45, 7) is 2.23. The van der Waals surface area contributed by atoms with Gasteiger partial charge in [0.2, 0.25) is 0 Å². The van der Waals surface area contributed by atoms with E-state index >= 15 is 0 Å². The molecule has 2 aromatic heterocycles. The number of rotatable bonds is 7. The Balaban J connectivity index is 0.933. The van der Waals surface area contributed by atoms with Crippen molar-refractivity contribution in [2.75, 3.05) is 4.90 Å². The predicted molar refractivity (Wildman–Crippen MR) is 261 cm³/mol. The number of aryl methyl sites for hydroxylation is 1. The molecule has 0 N–H and O–H groups in total. The molecule has 0 saturated carbocycles. The zero-order valence-electron chi connectivity index (χ0n) is 34.2. The summed E-state index contributed by atoms with van der Waals surface area (Å²) < 4.78 is 8.53. The number of aromatic nitrogens is 1. The van der Waals surface area contributed by atoms with Crippen molar-refractivity contribution in [2.24, 2.45) is 0 Å². The van der Waals surface area contributed by atoms with Gasteiger partial charge in [-0.15, -0.1) is 0 Å². The van der Waals surface area contributed by atoms with Crippen LogP contribution < -0.4 is 4.90 Å². The van der Waals surface area contributed by atoms with Crippen molar-refractivity contribution in [1.29, 1.82) is 0 Å². The van der Waals surface area contributed by atoms with E-state index < -0.39 is 0 Å². The Morgan fingerprint density at radius 3 is 1.60 bits per heavy atom. The number of fused-ring (bicyclic) bond motifs is 7. The van der Waals surface area contributed by atoms with Crippen LogP contribution in [0.5, 0.6) is 0 Å². The fourth-order valence-corrected chi connectivity index (χ4v) is 9.42. The molecule has 0 saturated heterocycles. The van der Waals surface area contributed by atoms with Crippen LogP contribution in [0.25, 0.3) is 93.6 Å². The van der Waals surface area contributed by atoms with Crippen LogP contribution in [-0.2, 0) is 0 Å². The second-order valence-electron chi connectivity index (χ2n) is 16.2. The molecule has 0 bridgehead atoms. The van der Waals surface area contributed by atoms with Gasteiger partial charge in [-0.3, -0.25) is 0 Å². The summed E-state index contributed by atoms with van der Waals surface area (Å²) in [4.78, 5) is 2.38. The lowest BCUT2D eigenvalue weighted by Gasteiger charge is -2.28. The van der Waals surface area contributed by atoms with Gasteiger partial charge in [0.15, 0.2) is 0 Å². The number of hydrogen-bond acceptors (Lipinski definition) is 2. The lowest BCUT2D eigenvalue weighted by atomic mass is 9.99. The number of furan rings is 1. The zero-order valence-corrected chi connectivity index (χ0v) is 34.2. The van der Waals surface area contributed by atoms with E-state index in [0.29, 0.717) is 0 Å². The normalized spacial score (nSPS) is 11.6. The minimum Gasteiger partial charge on any atom is -0.456 e. The maximum atomic E-state index is 6.14. The number of anilines is 3. The molecule has 3 nitrogen and oxygen atoms in total. The fourth-order valence-electron chi connectivity index (χ4n) is 9.42. The average Bonchev–Trinajstić information content (AvgIpc) is 3.88. The summed E-state index contributed by atoms with van der Waals surface area (Å²) in [5.74, 6) is 0. The molecule has 12 rings (SSSR count). The highest BCUT2D eigenvalue weighted by Gasteiger charge is 2.18. The van der Waals surface area contributed by atoms with Crippen LogP contribution in [0.2, 0.25) is 0 Å². The minimum absolute atomic E-state index is 0.905. The van der Waals surface area contributed by atoms with E-state index in [1.54, 1.807) is 0 Å². The summed E-state index contributed by atoms with van der Waals surface area (Å²) >= 11 is 0. The number of benzene rings is 10. The Kier molecular flexibility index (Phi) is 8.39. The highest BCUT2D eigenvalue weighted by molar-refractivity contribution is 6.09. The van der Waals surface area contributed by atoms with Crippen molar-refractivity contribution in [2.45, 2.75) is 6.92 Å². The SMILES string of the molecule is Cc1cc(-c2cccc(-n3c4ccccc4c4ccccc43)c2)ccc1N(c1ccc(-c2ccc3ccccc3c2)cc1)c1ccc(-c2ccc3oc4ccccc4c3c2)cc1. The molecule has 62 heavy (non-hydrogen) atoms. The summed E-state index contributed by atoms with van der Waals surface area (Å²) in [6, 6.07) is 81.1.